The summed E-state index contributed by atoms with van der Waals surface area (Å²) in [6.45, 7) is 5.58. The van der Waals surface area contributed by atoms with E-state index in [4.69, 9.17) is 21.7 Å². The molecule has 0 aliphatic carbocycles. The third kappa shape index (κ3) is 4.76. The number of hydrogen-bond acceptors (Lipinski definition) is 8. The van der Waals surface area contributed by atoms with E-state index < -0.39 is 5.82 Å². The first-order valence-electron chi connectivity index (χ1n) is 14.9. The number of rotatable bonds is 6. The molecular formula is C33H31ClFN9O. The second-order valence-corrected chi connectivity index (χ2v) is 12.4. The number of anilines is 1. The number of nitriles is 1. The Bertz CT molecular complexity index is 2030. The maximum Gasteiger partial charge on any atom is 0.246 e. The van der Waals surface area contributed by atoms with Crippen molar-refractivity contribution in [3.63, 3.8) is 0 Å². The average Bonchev–Trinajstić information content (AvgIpc) is 3.46. The van der Waals surface area contributed by atoms with Crippen LogP contribution in [0.2, 0.25) is 5.02 Å². The van der Waals surface area contributed by atoms with Crippen LogP contribution in [0.1, 0.15) is 25.3 Å². The Morgan fingerprint density at radius 3 is 2.82 bits per heavy atom. The SMILES string of the molecule is C=CC(=O)N1CC[C@H](n2ncc3c(N4CC(N(C)C)C4)nc4c(F)c(-c5cncc6cccnc56)c(Cl)cc4c32)C[C@H]1CC#N. The van der Waals surface area contributed by atoms with Crippen LogP contribution in [0, 0.1) is 17.1 Å². The molecule has 7 rings (SSSR count). The lowest BCUT2D eigenvalue weighted by Crippen LogP contribution is -2.57. The zero-order valence-electron chi connectivity index (χ0n) is 25.0. The third-order valence-electron chi connectivity index (χ3n) is 9.19. The van der Waals surface area contributed by atoms with E-state index in [9.17, 15) is 10.1 Å². The lowest BCUT2D eigenvalue weighted by molar-refractivity contribution is -0.130. The maximum absolute atomic E-state index is 16.9. The van der Waals surface area contributed by atoms with Crippen molar-refractivity contribution in [1.82, 2.24) is 34.5 Å². The lowest BCUT2D eigenvalue weighted by Gasteiger charge is -2.43. The molecule has 6 heterocycles. The van der Waals surface area contributed by atoms with Gasteiger partial charge in [0.05, 0.1) is 46.2 Å². The molecule has 4 aromatic heterocycles. The molecule has 2 aliphatic heterocycles. The first kappa shape index (κ1) is 29.1. The van der Waals surface area contributed by atoms with Crippen molar-refractivity contribution in [3.8, 4) is 17.2 Å². The molecule has 5 aromatic rings. The highest BCUT2D eigenvalue weighted by molar-refractivity contribution is 6.35. The maximum atomic E-state index is 16.9. The summed E-state index contributed by atoms with van der Waals surface area (Å²) in [6, 6.07) is 7.60. The molecule has 2 aliphatic rings. The Labute approximate surface area is 264 Å². The number of hydrogen-bond donors (Lipinski definition) is 0. The summed E-state index contributed by atoms with van der Waals surface area (Å²) >= 11 is 6.92. The summed E-state index contributed by atoms with van der Waals surface area (Å²) < 4.78 is 18.8. The topological polar surface area (TPSA) is 107 Å². The van der Waals surface area contributed by atoms with Crippen LogP contribution in [0.25, 0.3) is 43.8 Å². The second kappa shape index (κ2) is 11.4. The molecule has 0 radical (unpaired) electrons. The van der Waals surface area contributed by atoms with Gasteiger partial charge < -0.3 is 14.7 Å². The molecular weight excluding hydrogens is 593 g/mol. The molecule has 0 saturated carbocycles. The smallest absolute Gasteiger partial charge is 0.246 e. The number of carbonyl (C=O) groups excluding carboxylic acids is 1. The highest BCUT2D eigenvalue weighted by atomic mass is 35.5. The fourth-order valence-corrected chi connectivity index (χ4v) is 7.01. The highest BCUT2D eigenvalue weighted by Gasteiger charge is 2.35. The van der Waals surface area contributed by atoms with Gasteiger partial charge in [-0.1, -0.05) is 18.2 Å². The molecule has 2 saturated heterocycles. The highest BCUT2D eigenvalue weighted by Crippen LogP contribution is 2.43. The average molecular weight is 624 g/mol. The minimum atomic E-state index is -0.549. The molecule has 2 fully saturated rings. The predicted molar refractivity (Wildman–Crippen MR) is 172 cm³/mol. The van der Waals surface area contributed by atoms with Gasteiger partial charge in [-0.3, -0.25) is 19.4 Å². The molecule has 1 aromatic carbocycles. The number of amides is 1. The molecule has 10 nitrogen and oxygen atoms in total. The van der Waals surface area contributed by atoms with Gasteiger partial charge in [0.1, 0.15) is 11.3 Å². The van der Waals surface area contributed by atoms with Gasteiger partial charge in [0.15, 0.2) is 5.82 Å². The lowest BCUT2D eigenvalue weighted by atomic mass is 9.94. The van der Waals surface area contributed by atoms with Crippen molar-refractivity contribution in [3.05, 3.63) is 66.5 Å². The summed E-state index contributed by atoms with van der Waals surface area (Å²) in [6.07, 6.45) is 9.35. The Hall–Kier alpha value is -4.66. The summed E-state index contributed by atoms with van der Waals surface area (Å²) in [7, 11) is 4.09. The van der Waals surface area contributed by atoms with Crippen LogP contribution < -0.4 is 4.90 Å². The molecule has 45 heavy (non-hydrogen) atoms. The Morgan fingerprint density at radius 2 is 2.07 bits per heavy atom. The first-order chi connectivity index (χ1) is 21.8. The van der Waals surface area contributed by atoms with E-state index in [1.165, 1.54) is 6.08 Å². The Balaban J connectivity index is 1.43. The van der Waals surface area contributed by atoms with Crippen molar-refractivity contribution < 1.29 is 9.18 Å². The Morgan fingerprint density at radius 1 is 1.24 bits per heavy atom. The van der Waals surface area contributed by atoms with Crippen molar-refractivity contribution >= 4 is 56.0 Å². The van der Waals surface area contributed by atoms with E-state index in [0.29, 0.717) is 47.7 Å². The first-order valence-corrected chi connectivity index (χ1v) is 15.3. The van der Waals surface area contributed by atoms with Gasteiger partial charge in [-0.2, -0.15) is 10.4 Å². The molecule has 12 heteroatoms. The van der Waals surface area contributed by atoms with Gasteiger partial charge in [0.2, 0.25) is 5.91 Å². The van der Waals surface area contributed by atoms with Gasteiger partial charge in [-0.15, -0.1) is 0 Å². The summed E-state index contributed by atoms with van der Waals surface area (Å²) in [5.74, 6) is -0.0779. The number of fused-ring (bicyclic) bond motifs is 4. The molecule has 0 spiro atoms. The summed E-state index contributed by atoms with van der Waals surface area (Å²) in [4.78, 5) is 32.4. The minimum absolute atomic E-state index is 0.132. The number of carbonyl (C=O) groups is 1. The molecule has 0 N–H and O–H groups in total. The zero-order valence-corrected chi connectivity index (χ0v) is 25.7. The van der Waals surface area contributed by atoms with Crippen molar-refractivity contribution in [2.75, 3.05) is 38.6 Å². The van der Waals surface area contributed by atoms with Gasteiger partial charge in [0.25, 0.3) is 0 Å². The van der Waals surface area contributed by atoms with E-state index in [-0.39, 0.29) is 40.5 Å². The van der Waals surface area contributed by atoms with E-state index in [1.807, 2.05) is 30.9 Å². The van der Waals surface area contributed by atoms with Crippen LogP contribution in [0.3, 0.4) is 0 Å². The molecule has 0 unspecified atom stereocenters. The molecule has 2 atom stereocenters. The van der Waals surface area contributed by atoms with E-state index in [0.717, 1.165) is 29.4 Å². The molecule has 1 amide bonds. The van der Waals surface area contributed by atoms with Crippen LogP contribution in [0.5, 0.6) is 0 Å². The van der Waals surface area contributed by atoms with Crippen LogP contribution in [-0.4, -0.2) is 86.3 Å². The van der Waals surface area contributed by atoms with E-state index >= 15 is 4.39 Å². The number of pyridine rings is 3. The van der Waals surface area contributed by atoms with Crippen molar-refractivity contribution in [2.24, 2.45) is 0 Å². The number of aromatic nitrogens is 5. The number of likely N-dealkylation sites (tertiary alicyclic amines) is 1. The number of likely N-dealkylation sites (N-methyl/N-ethyl adjacent to an activating group) is 1. The Kier molecular flexibility index (Phi) is 7.34. The van der Waals surface area contributed by atoms with Crippen molar-refractivity contribution in [1.29, 1.82) is 5.26 Å². The standard InChI is InChI=1S/C33H31ClFN9O/c1-4-27(45)43-11-8-21(12-20(43)7-9-36)44-32-23-13-26(34)28(24-15-37-14-19-6-5-10-38-30(19)24)29(35)31(23)40-33(25(32)16-39-44)42-17-22(18-42)41(2)3/h4-6,10,13-16,20-22H,1,7-8,11-12,17-18H2,2-3H3/t20-,21+/m1/s1. The zero-order chi connectivity index (χ0) is 31.4. The second-order valence-electron chi connectivity index (χ2n) is 11.9. The minimum Gasteiger partial charge on any atom is -0.353 e. The number of piperidine rings is 1. The monoisotopic (exact) mass is 623 g/mol. The fraction of sp³-hybridized carbons (Fsp3) is 0.333. The van der Waals surface area contributed by atoms with Crippen molar-refractivity contribution in [2.45, 2.75) is 37.4 Å². The third-order valence-corrected chi connectivity index (χ3v) is 9.49. The number of halogens is 2. The van der Waals surface area contributed by atoms with Crippen LogP contribution in [0.15, 0.2) is 55.6 Å². The summed E-state index contributed by atoms with van der Waals surface area (Å²) in [5.41, 5.74) is 2.20. The summed E-state index contributed by atoms with van der Waals surface area (Å²) in [5, 5.41) is 16.7. The largest absolute Gasteiger partial charge is 0.353 e. The fourth-order valence-electron chi connectivity index (χ4n) is 6.72. The van der Waals surface area contributed by atoms with Crippen LogP contribution in [-0.2, 0) is 4.79 Å². The predicted octanol–water partition coefficient (Wildman–Crippen LogP) is 5.37. The number of nitrogens with zero attached hydrogens (tertiary/aromatic N) is 9. The van der Waals surface area contributed by atoms with Gasteiger partial charge in [-0.25, -0.2) is 9.37 Å². The molecule has 228 valence electrons. The van der Waals surface area contributed by atoms with Gasteiger partial charge >= 0.3 is 0 Å². The van der Waals surface area contributed by atoms with Gasteiger partial charge in [0, 0.05) is 72.2 Å². The quantitative estimate of drug-likeness (QED) is 0.233. The van der Waals surface area contributed by atoms with Gasteiger partial charge in [-0.05, 0) is 51.2 Å². The molecule has 0 bridgehead atoms. The number of benzene rings is 1. The van der Waals surface area contributed by atoms with E-state index in [1.54, 1.807) is 35.8 Å². The normalized spacial score (nSPS) is 18.9. The van der Waals surface area contributed by atoms with E-state index in [2.05, 4.69) is 32.4 Å². The van der Waals surface area contributed by atoms with Crippen LogP contribution >= 0.6 is 11.6 Å². The van der Waals surface area contributed by atoms with Crippen LogP contribution in [0.4, 0.5) is 10.2 Å².